The second-order valence-electron chi connectivity index (χ2n) is 3.92. The van der Waals surface area contributed by atoms with E-state index in [1.54, 1.807) is 6.33 Å². The Bertz CT molecular complexity index is 306. The Hall–Kier alpha value is -0.390. The molecule has 0 spiro atoms. The lowest BCUT2D eigenvalue weighted by Gasteiger charge is -2.26. The van der Waals surface area contributed by atoms with Gasteiger partial charge in [-0.15, -0.1) is 0 Å². The number of hydrogen-bond donors (Lipinski definition) is 2. The van der Waals surface area contributed by atoms with Gasteiger partial charge in [-0.25, -0.2) is 4.98 Å². The number of likely N-dealkylation sites (tertiary alicyclic amines) is 1. The molecular weight excluding hydrogens is 256 g/mol. The van der Waals surface area contributed by atoms with Gasteiger partial charge in [-0.1, -0.05) is 0 Å². The van der Waals surface area contributed by atoms with Crippen LogP contribution in [0.25, 0.3) is 0 Å². The molecule has 2 N–H and O–H groups in total. The molecule has 0 radical (unpaired) electrons. The zero-order valence-corrected chi connectivity index (χ0v) is 10.5. The Morgan fingerprint density at radius 1 is 1.60 bits per heavy atom. The predicted molar refractivity (Wildman–Crippen MR) is 63.8 cm³/mol. The van der Waals surface area contributed by atoms with E-state index < -0.39 is 0 Å². The fourth-order valence-corrected chi connectivity index (χ4v) is 2.66. The van der Waals surface area contributed by atoms with Crippen LogP contribution in [0.4, 0.5) is 0 Å². The summed E-state index contributed by atoms with van der Waals surface area (Å²) in [4.78, 5) is 9.93. The summed E-state index contributed by atoms with van der Waals surface area (Å²) in [6.45, 7) is 3.34. The van der Waals surface area contributed by atoms with Crippen LogP contribution in [0.2, 0.25) is 0 Å². The predicted octanol–water partition coefficient (Wildman–Crippen LogP) is 1.53. The van der Waals surface area contributed by atoms with Gasteiger partial charge in [0.05, 0.1) is 18.1 Å². The standard InChI is InChI=1S/C10H17BrN4/c1-12-6-8(15-4-2-3-5-15)9-10(11)14-7-13-9/h7-8,12H,2-6H2,1H3,(H,13,14). The minimum atomic E-state index is 0.411. The summed E-state index contributed by atoms with van der Waals surface area (Å²) >= 11 is 3.49. The van der Waals surface area contributed by atoms with E-state index in [1.807, 2.05) is 7.05 Å². The van der Waals surface area contributed by atoms with E-state index in [-0.39, 0.29) is 0 Å². The molecule has 2 rings (SSSR count). The van der Waals surface area contributed by atoms with Crippen LogP contribution in [-0.4, -0.2) is 41.5 Å². The molecule has 0 aliphatic carbocycles. The molecule has 2 heterocycles. The average Bonchev–Trinajstić information content (AvgIpc) is 2.85. The highest BCUT2D eigenvalue weighted by molar-refractivity contribution is 9.10. The number of aromatic amines is 1. The van der Waals surface area contributed by atoms with Crippen LogP contribution in [-0.2, 0) is 0 Å². The van der Waals surface area contributed by atoms with E-state index in [1.165, 1.54) is 31.6 Å². The summed E-state index contributed by atoms with van der Waals surface area (Å²) in [6.07, 6.45) is 4.37. The van der Waals surface area contributed by atoms with Crippen molar-refractivity contribution in [2.75, 3.05) is 26.7 Å². The Morgan fingerprint density at radius 2 is 2.33 bits per heavy atom. The maximum Gasteiger partial charge on any atom is 0.128 e. The SMILES string of the molecule is CNCC(c1[nH]cnc1Br)N1CCCC1. The third kappa shape index (κ3) is 2.41. The molecule has 0 aromatic carbocycles. The third-order valence-corrected chi connectivity index (χ3v) is 3.56. The van der Waals surface area contributed by atoms with Crippen LogP contribution in [0.5, 0.6) is 0 Å². The van der Waals surface area contributed by atoms with Gasteiger partial charge in [0.2, 0.25) is 0 Å². The van der Waals surface area contributed by atoms with Crippen molar-refractivity contribution in [2.24, 2.45) is 0 Å². The molecular formula is C10H17BrN4. The maximum absolute atomic E-state index is 4.20. The zero-order valence-electron chi connectivity index (χ0n) is 8.96. The van der Waals surface area contributed by atoms with Crippen molar-refractivity contribution in [2.45, 2.75) is 18.9 Å². The van der Waals surface area contributed by atoms with Gasteiger partial charge in [0, 0.05) is 6.54 Å². The number of imidazole rings is 1. The average molecular weight is 273 g/mol. The summed E-state index contributed by atoms with van der Waals surface area (Å²) in [7, 11) is 1.99. The number of likely N-dealkylation sites (N-methyl/N-ethyl adjacent to an activating group) is 1. The Kier molecular flexibility index (Phi) is 3.77. The molecule has 1 fully saturated rings. The van der Waals surface area contributed by atoms with Gasteiger partial charge >= 0.3 is 0 Å². The summed E-state index contributed by atoms with van der Waals surface area (Å²) < 4.78 is 0.939. The number of halogens is 1. The van der Waals surface area contributed by atoms with E-state index in [0.29, 0.717) is 6.04 Å². The number of rotatable bonds is 4. The molecule has 5 heteroatoms. The van der Waals surface area contributed by atoms with Crippen LogP contribution in [0.3, 0.4) is 0 Å². The van der Waals surface area contributed by atoms with Gasteiger partial charge < -0.3 is 10.3 Å². The summed E-state index contributed by atoms with van der Waals surface area (Å²) in [6, 6.07) is 0.411. The number of hydrogen-bond acceptors (Lipinski definition) is 3. The molecule has 15 heavy (non-hydrogen) atoms. The quantitative estimate of drug-likeness (QED) is 0.874. The van der Waals surface area contributed by atoms with Gasteiger partial charge in [0.15, 0.2) is 0 Å². The van der Waals surface area contributed by atoms with Gasteiger partial charge in [0.1, 0.15) is 4.60 Å². The summed E-state index contributed by atoms with van der Waals surface area (Å²) in [5.41, 5.74) is 1.19. The van der Waals surface area contributed by atoms with Gasteiger partial charge in [-0.05, 0) is 48.9 Å². The summed E-state index contributed by atoms with van der Waals surface area (Å²) in [5.74, 6) is 0. The summed E-state index contributed by atoms with van der Waals surface area (Å²) in [5, 5.41) is 3.25. The Labute approximate surface area is 98.6 Å². The van der Waals surface area contributed by atoms with Crippen molar-refractivity contribution >= 4 is 15.9 Å². The van der Waals surface area contributed by atoms with Crippen molar-refractivity contribution in [3.63, 3.8) is 0 Å². The fraction of sp³-hybridized carbons (Fsp3) is 0.700. The third-order valence-electron chi connectivity index (χ3n) is 2.93. The minimum absolute atomic E-state index is 0.411. The van der Waals surface area contributed by atoms with Crippen molar-refractivity contribution in [1.29, 1.82) is 0 Å². The molecule has 4 nitrogen and oxygen atoms in total. The largest absolute Gasteiger partial charge is 0.346 e. The van der Waals surface area contributed by atoms with E-state index in [4.69, 9.17) is 0 Å². The lowest BCUT2D eigenvalue weighted by molar-refractivity contribution is 0.237. The number of nitrogens with zero attached hydrogens (tertiary/aromatic N) is 2. The first-order valence-electron chi connectivity index (χ1n) is 5.40. The van der Waals surface area contributed by atoms with Gasteiger partial charge in [0.25, 0.3) is 0 Å². The first kappa shape index (κ1) is 11.1. The lowest BCUT2D eigenvalue weighted by Crippen LogP contribution is -2.33. The maximum atomic E-state index is 4.20. The normalized spacial score (nSPS) is 19.6. The van der Waals surface area contributed by atoms with E-state index >= 15 is 0 Å². The zero-order chi connectivity index (χ0) is 10.7. The Balaban J connectivity index is 2.15. The first-order chi connectivity index (χ1) is 7.33. The van der Waals surface area contributed by atoms with Crippen LogP contribution < -0.4 is 5.32 Å². The van der Waals surface area contributed by atoms with E-state index in [0.717, 1.165) is 11.1 Å². The number of aromatic nitrogens is 2. The highest BCUT2D eigenvalue weighted by Crippen LogP contribution is 2.27. The lowest BCUT2D eigenvalue weighted by atomic mass is 10.2. The highest BCUT2D eigenvalue weighted by atomic mass is 79.9. The topological polar surface area (TPSA) is 44.0 Å². The van der Waals surface area contributed by atoms with Crippen molar-refractivity contribution in [3.8, 4) is 0 Å². The number of H-pyrrole nitrogens is 1. The van der Waals surface area contributed by atoms with Crippen molar-refractivity contribution < 1.29 is 0 Å². The molecule has 0 saturated carbocycles. The number of nitrogens with one attached hydrogen (secondary N) is 2. The van der Waals surface area contributed by atoms with Crippen LogP contribution >= 0.6 is 15.9 Å². The molecule has 1 atom stereocenters. The van der Waals surface area contributed by atoms with Crippen LogP contribution in [0.1, 0.15) is 24.6 Å². The van der Waals surface area contributed by atoms with Crippen LogP contribution in [0, 0.1) is 0 Å². The molecule has 1 saturated heterocycles. The van der Waals surface area contributed by atoms with Crippen molar-refractivity contribution in [3.05, 3.63) is 16.6 Å². The first-order valence-corrected chi connectivity index (χ1v) is 6.19. The monoisotopic (exact) mass is 272 g/mol. The minimum Gasteiger partial charge on any atom is -0.346 e. The molecule has 1 aliphatic heterocycles. The molecule has 1 unspecified atom stereocenters. The van der Waals surface area contributed by atoms with Gasteiger partial charge in [-0.3, -0.25) is 4.90 Å². The van der Waals surface area contributed by atoms with E-state index in [2.05, 4.69) is 36.1 Å². The molecule has 0 bridgehead atoms. The smallest absolute Gasteiger partial charge is 0.128 e. The second kappa shape index (κ2) is 5.09. The fourth-order valence-electron chi connectivity index (χ4n) is 2.18. The molecule has 1 aliphatic rings. The van der Waals surface area contributed by atoms with Crippen molar-refractivity contribution in [1.82, 2.24) is 20.2 Å². The van der Waals surface area contributed by atoms with E-state index in [9.17, 15) is 0 Å². The molecule has 1 aromatic heterocycles. The second-order valence-corrected chi connectivity index (χ2v) is 4.67. The van der Waals surface area contributed by atoms with Gasteiger partial charge in [-0.2, -0.15) is 0 Å². The highest BCUT2D eigenvalue weighted by Gasteiger charge is 2.25. The Morgan fingerprint density at radius 3 is 2.87 bits per heavy atom. The molecule has 1 aromatic rings. The molecule has 0 amide bonds. The molecule has 84 valence electrons. The van der Waals surface area contributed by atoms with Crippen LogP contribution in [0.15, 0.2) is 10.9 Å².